The van der Waals surface area contributed by atoms with E-state index < -0.39 is 22.7 Å². The first-order chi connectivity index (χ1) is 12.2. The molecule has 0 radical (unpaired) electrons. The molecule has 0 unspecified atom stereocenters. The number of anilines is 1. The van der Waals surface area contributed by atoms with Crippen molar-refractivity contribution in [1.82, 2.24) is 0 Å². The number of methoxy groups -OCH3 is 3. The first-order valence-electron chi connectivity index (χ1n) is 7.20. The molecule has 0 saturated heterocycles. The second-order valence-corrected chi connectivity index (χ2v) is 5.44. The fourth-order valence-corrected chi connectivity index (χ4v) is 2.52. The molecule has 26 heavy (non-hydrogen) atoms. The van der Waals surface area contributed by atoms with E-state index in [0.29, 0.717) is 5.75 Å². The molecule has 9 heteroatoms. The molecule has 0 aliphatic rings. The number of benzene rings is 2. The fraction of sp³-hybridized carbons (Fsp3) is 0.235. The Labute approximate surface area is 152 Å². The third-order valence-corrected chi connectivity index (χ3v) is 3.81. The molecule has 0 atom stereocenters. The average Bonchev–Trinajstić information content (AvgIpc) is 2.60. The van der Waals surface area contributed by atoms with Gasteiger partial charge in [-0.15, -0.1) is 0 Å². The van der Waals surface area contributed by atoms with Crippen molar-refractivity contribution in [3.63, 3.8) is 0 Å². The van der Waals surface area contributed by atoms with Crippen molar-refractivity contribution < 1.29 is 32.2 Å². The Kier molecular flexibility index (Phi) is 5.86. The molecule has 0 spiro atoms. The fourth-order valence-electron chi connectivity index (χ4n) is 2.30. The lowest BCUT2D eigenvalue weighted by atomic mass is 10.1. The smallest absolute Gasteiger partial charge is 0.417 e. The summed E-state index contributed by atoms with van der Waals surface area (Å²) in [7, 11) is 4.12. The molecule has 0 fully saturated rings. The first kappa shape index (κ1) is 19.7. The number of hydrogen-bond acceptors (Lipinski definition) is 4. The van der Waals surface area contributed by atoms with Gasteiger partial charge in [0, 0.05) is 5.69 Å². The van der Waals surface area contributed by atoms with E-state index in [2.05, 4.69) is 5.32 Å². The van der Waals surface area contributed by atoms with Gasteiger partial charge in [0.25, 0.3) is 5.91 Å². The molecule has 0 heterocycles. The number of hydrogen-bond donors (Lipinski definition) is 1. The van der Waals surface area contributed by atoms with E-state index in [0.717, 1.165) is 12.1 Å². The van der Waals surface area contributed by atoms with Gasteiger partial charge in [-0.2, -0.15) is 13.2 Å². The summed E-state index contributed by atoms with van der Waals surface area (Å²) < 4.78 is 54.3. The molecule has 0 aliphatic heterocycles. The van der Waals surface area contributed by atoms with Gasteiger partial charge in [0.1, 0.15) is 0 Å². The number of ether oxygens (including phenoxy) is 3. The Bertz CT molecular complexity index is 824. The molecule has 0 saturated carbocycles. The number of halogens is 4. The first-order valence-corrected chi connectivity index (χ1v) is 7.57. The van der Waals surface area contributed by atoms with Crippen molar-refractivity contribution in [1.29, 1.82) is 0 Å². The van der Waals surface area contributed by atoms with E-state index in [4.69, 9.17) is 25.8 Å². The number of nitrogens with one attached hydrogen (secondary N) is 1. The zero-order valence-corrected chi connectivity index (χ0v) is 14.8. The highest BCUT2D eigenvalue weighted by molar-refractivity contribution is 6.31. The molecular weight excluding hydrogens is 375 g/mol. The van der Waals surface area contributed by atoms with Crippen molar-refractivity contribution in [3.8, 4) is 17.2 Å². The lowest BCUT2D eigenvalue weighted by molar-refractivity contribution is -0.137. The zero-order valence-electron chi connectivity index (χ0n) is 14.0. The van der Waals surface area contributed by atoms with E-state index in [1.54, 1.807) is 0 Å². The number of alkyl halides is 3. The zero-order chi connectivity index (χ0) is 19.5. The number of carbonyl (C=O) groups excluding carboxylic acids is 1. The molecule has 2 aromatic rings. The predicted molar refractivity (Wildman–Crippen MR) is 90.5 cm³/mol. The molecule has 140 valence electrons. The minimum Gasteiger partial charge on any atom is -0.493 e. The van der Waals surface area contributed by atoms with Gasteiger partial charge in [-0.25, -0.2) is 0 Å². The highest BCUT2D eigenvalue weighted by atomic mass is 35.5. The van der Waals surface area contributed by atoms with Crippen LogP contribution in [0.15, 0.2) is 30.3 Å². The Morgan fingerprint density at radius 1 is 1.00 bits per heavy atom. The average molecular weight is 390 g/mol. The van der Waals surface area contributed by atoms with Crippen molar-refractivity contribution in [2.45, 2.75) is 6.18 Å². The van der Waals surface area contributed by atoms with Crippen molar-refractivity contribution >= 4 is 23.2 Å². The Balaban J connectivity index is 2.40. The molecule has 0 aliphatic carbocycles. The lowest BCUT2D eigenvalue weighted by Crippen LogP contribution is -2.15. The van der Waals surface area contributed by atoms with Gasteiger partial charge in [0.2, 0.25) is 5.75 Å². The molecule has 5 nitrogen and oxygen atoms in total. The van der Waals surface area contributed by atoms with E-state index in [1.807, 2.05) is 0 Å². The van der Waals surface area contributed by atoms with E-state index >= 15 is 0 Å². The van der Waals surface area contributed by atoms with Gasteiger partial charge >= 0.3 is 6.18 Å². The van der Waals surface area contributed by atoms with Crippen molar-refractivity contribution in [3.05, 3.63) is 46.5 Å². The Morgan fingerprint density at radius 3 is 2.19 bits per heavy atom. The molecule has 0 aromatic heterocycles. The normalized spacial score (nSPS) is 11.0. The second-order valence-electron chi connectivity index (χ2n) is 5.03. The third-order valence-electron chi connectivity index (χ3n) is 3.48. The van der Waals surface area contributed by atoms with Gasteiger partial charge in [0.05, 0.1) is 37.5 Å². The summed E-state index contributed by atoms with van der Waals surface area (Å²) in [4.78, 5) is 12.5. The number of amides is 1. The van der Waals surface area contributed by atoms with Crippen LogP contribution in [0.2, 0.25) is 5.02 Å². The molecule has 2 rings (SSSR count). The molecule has 0 bridgehead atoms. The van der Waals surface area contributed by atoms with Crippen LogP contribution in [0.4, 0.5) is 18.9 Å². The Morgan fingerprint density at radius 2 is 1.65 bits per heavy atom. The summed E-state index contributed by atoms with van der Waals surface area (Å²) in [5.74, 6) is -0.0610. The van der Waals surface area contributed by atoms with Crippen molar-refractivity contribution in [2.24, 2.45) is 0 Å². The lowest BCUT2D eigenvalue weighted by Gasteiger charge is -2.16. The van der Waals surface area contributed by atoms with Gasteiger partial charge < -0.3 is 19.5 Å². The van der Waals surface area contributed by atoms with Crippen LogP contribution in [-0.4, -0.2) is 27.2 Å². The summed E-state index contributed by atoms with van der Waals surface area (Å²) >= 11 is 5.57. The molecule has 2 aromatic carbocycles. The summed E-state index contributed by atoms with van der Waals surface area (Å²) in [5, 5.41) is 1.93. The highest BCUT2D eigenvalue weighted by Gasteiger charge is 2.33. The van der Waals surface area contributed by atoms with Crippen LogP contribution in [0, 0.1) is 0 Å². The summed E-state index contributed by atoms with van der Waals surface area (Å²) in [5.41, 5.74) is -1.05. The van der Waals surface area contributed by atoms with Gasteiger partial charge in [-0.05, 0) is 30.3 Å². The van der Waals surface area contributed by atoms with Gasteiger partial charge in [0.15, 0.2) is 11.5 Å². The van der Waals surface area contributed by atoms with Crippen LogP contribution >= 0.6 is 11.6 Å². The minimum absolute atomic E-state index is 0.0636. The van der Waals surface area contributed by atoms with Crippen LogP contribution in [0.3, 0.4) is 0 Å². The highest BCUT2D eigenvalue weighted by Crippen LogP contribution is 2.40. The van der Waals surface area contributed by atoms with Crippen molar-refractivity contribution in [2.75, 3.05) is 26.6 Å². The summed E-state index contributed by atoms with van der Waals surface area (Å²) in [6, 6.07) is 5.98. The molecular formula is C17H15ClF3NO4. The summed E-state index contributed by atoms with van der Waals surface area (Å²) in [6.45, 7) is 0. The maximum atomic E-state index is 12.9. The largest absolute Gasteiger partial charge is 0.493 e. The maximum Gasteiger partial charge on any atom is 0.417 e. The van der Waals surface area contributed by atoms with Crippen LogP contribution in [0.1, 0.15) is 15.9 Å². The maximum absolute atomic E-state index is 12.9. The quantitative estimate of drug-likeness (QED) is 0.809. The monoisotopic (exact) mass is 389 g/mol. The van der Waals surface area contributed by atoms with E-state index in [9.17, 15) is 18.0 Å². The standard InChI is InChI=1S/C17H15ClF3NO4/c1-24-13-7-5-10(14(25-2)15(13)26-3)16(23)22-9-4-6-12(18)11(8-9)17(19,20)21/h4-8H,1-3H3,(H,22,23). The number of rotatable bonds is 5. The van der Waals surface area contributed by atoms with Gasteiger partial charge in [-0.1, -0.05) is 11.6 Å². The van der Waals surface area contributed by atoms with E-state index in [1.165, 1.54) is 39.5 Å². The SMILES string of the molecule is COc1ccc(C(=O)Nc2ccc(Cl)c(C(F)(F)F)c2)c(OC)c1OC. The third kappa shape index (κ3) is 3.96. The van der Waals surface area contributed by atoms with Crippen LogP contribution < -0.4 is 19.5 Å². The Hall–Kier alpha value is -2.61. The van der Waals surface area contributed by atoms with Crippen LogP contribution in [0.5, 0.6) is 17.2 Å². The van der Waals surface area contributed by atoms with Crippen LogP contribution in [-0.2, 0) is 6.18 Å². The van der Waals surface area contributed by atoms with E-state index in [-0.39, 0.29) is 22.7 Å². The van der Waals surface area contributed by atoms with Crippen LogP contribution in [0.25, 0.3) is 0 Å². The predicted octanol–water partition coefficient (Wildman–Crippen LogP) is 4.64. The summed E-state index contributed by atoms with van der Waals surface area (Å²) in [6.07, 6.45) is -4.64. The second kappa shape index (κ2) is 7.74. The molecule has 1 amide bonds. The topological polar surface area (TPSA) is 56.8 Å². The number of carbonyl (C=O) groups is 1. The van der Waals surface area contributed by atoms with Gasteiger partial charge in [-0.3, -0.25) is 4.79 Å². The minimum atomic E-state index is -4.64. The molecule has 1 N–H and O–H groups in total.